The molecule has 188 valence electrons. The van der Waals surface area contributed by atoms with Gasteiger partial charge in [-0.25, -0.2) is 21.1 Å². The number of nitrogens with zero attached hydrogens (tertiary/aromatic N) is 2. The standard InChI is InChI=1S/C22H31N3O7S2/c1-24(2)34(29,30)21-13-11-20(12-14-21)32-17-15-23-22(26)6-5-16-25(33(4,27)28)18-7-9-19(31-3)10-8-18/h7-14H,5-6,15-17H2,1-4H3,(H,23,26). The van der Waals surface area contributed by atoms with Crippen LogP contribution in [0.25, 0.3) is 0 Å². The van der Waals surface area contributed by atoms with Crippen LogP contribution in [0.4, 0.5) is 5.69 Å². The van der Waals surface area contributed by atoms with Crippen molar-refractivity contribution >= 4 is 31.6 Å². The summed E-state index contributed by atoms with van der Waals surface area (Å²) >= 11 is 0. The lowest BCUT2D eigenvalue weighted by atomic mass is 10.2. The fraction of sp³-hybridized carbons (Fsp3) is 0.409. The topological polar surface area (TPSA) is 122 Å². The lowest BCUT2D eigenvalue weighted by molar-refractivity contribution is -0.121. The molecule has 0 radical (unpaired) electrons. The molecule has 0 aliphatic carbocycles. The zero-order valence-electron chi connectivity index (χ0n) is 19.7. The molecular weight excluding hydrogens is 482 g/mol. The molecule has 2 aromatic rings. The number of methoxy groups -OCH3 is 1. The van der Waals surface area contributed by atoms with Crippen molar-refractivity contribution in [3.8, 4) is 11.5 Å². The van der Waals surface area contributed by atoms with E-state index in [0.717, 1.165) is 10.6 Å². The van der Waals surface area contributed by atoms with Gasteiger partial charge in [0.05, 0.1) is 30.5 Å². The number of anilines is 1. The van der Waals surface area contributed by atoms with E-state index >= 15 is 0 Å². The molecule has 0 bridgehead atoms. The number of rotatable bonds is 13. The number of carbonyl (C=O) groups is 1. The zero-order valence-corrected chi connectivity index (χ0v) is 21.4. The van der Waals surface area contributed by atoms with Crippen LogP contribution in [0.15, 0.2) is 53.4 Å². The first-order valence-electron chi connectivity index (χ1n) is 10.5. The molecule has 0 spiro atoms. The Bertz CT molecular complexity index is 1150. The third-order valence-electron chi connectivity index (χ3n) is 4.82. The molecule has 10 nitrogen and oxygen atoms in total. The summed E-state index contributed by atoms with van der Waals surface area (Å²) in [5, 5.41) is 2.72. The van der Waals surface area contributed by atoms with Crippen molar-refractivity contribution in [1.29, 1.82) is 0 Å². The van der Waals surface area contributed by atoms with Crippen LogP contribution in [-0.4, -0.2) is 74.2 Å². The molecule has 0 saturated heterocycles. The van der Waals surface area contributed by atoms with Crippen molar-refractivity contribution in [2.45, 2.75) is 17.7 Å². The number of benzene rings is 2. The fourth-order valence-corrected chi connectivity index (χ4v) is 4.85. The summed E-state index contributed by atoms with van der Waals surface area (Å²) < 4.78 is 61.4. The van der Waals surface area contributed by atoms with Crippen molar-refractivity contribution in [1.82, 2.24) is 9.62 Å². The van der Waals surface area contributed by atoms with Crippen LogP contribution in [-0.2, 0) is 24.8 Å². The van der Waals surface area contributed by atoms with Gasteiger partial charge in [-0.3, -0.25) is 9.10 Å². The van der Waals surface area contributed by atoms with E-state index in [0.29, 0.717) is 23.6 Å². The highest BCUT2D eigenvalue weighted by atomic mass is 32.2. The first kappa shape index (κ1) is 27.4. The van der Waals surface area contributed by atoms with Crippen molar-refractivity contribution < 1.29 is 31.1 Å². The Hall–Kier alpha value is -2.83. The molecule has 0 heterocycles. The monoisotopic (exact) mass is 513 g/mol. The molecule has 0 atom stereocenters. The number of hydrogen-bond acceptors (Lipinski definition) is 7. The van der Waals surface area contributed by atoms with Gasteiger partial charge in [0.1, 0.15) is 18.1 Å². The molecule has 2 rings (SSSR count). The quantitative estimate of drug-likeness (QED) is 0.405. The fourth-order valence-electron chi connectivity index (χ4n) is 2.98. The van der Waals surface area contributed by atoms with Gasteiger partial charge in [-0.2, -0.15) is 0 Å². The van der Waals surface area contributed by atoms with Crippen molar-refractivity contribution in [3.05, 3.63) is 48.5 Å². The second-order valence-electron chi connectivity index (χ2n) is 7.59. The highest BCUT2D eigenvalue weighted by molar-refractivity contribution is 7.92. The maximum absolute atomic E-state index is 12.2. The Kier molecular flexibility index (Phi) is 9.71. The minimum atomic E-state index is -3.50. The highest BCUT2D eigenvalue weighted by Crippen LogP contribution is 2.22. The SMILES string of the molecule is COc1ccc(N(CCCC(=O)NCCOc2ccc(S(=O)(=O)N(C)C)cc2)S(C)(=O)=O)cc1. The zero-order chi connectivity index (χ0) is 25.4. The summed E-state index contributed by atoms with van der Waals surface area (Å²) in [6.45, 7) is 0.620. The lowest BCUT2D eigenvalue weighted by Gasteiger charge is -2.22. The molecule has 1 amide bonds. The van der Waals surface area contributed by atoms with E-state index in [-0.39, 0.29) is 36.9 Å². The van der Waals surface area contributed by atoms with Gasteiger partial charge in [0.25, 0.3) is 0 Å². The minimum Gasteiger partial charge on any atom is -0.497 e. The van der Waals surface area contributed by atoms with Crippen LogP contribution in [0.5, 0.6) is 11.5 Å². The number of ether oxygens (including phenoxy) is 2. The molecule has 0 fully saturated rings. The molecule has 0 saturated carbocycles. The van der Waals surface area contributed by atoms with Gasteiger partial charge >= 0.3 is 0 Å². The van der Waals surface area contributed by atoms with Gasteiger partial charge in [0, 0.05) is 27.1 Å². The third kappa shape index (κ3) is 7.89. The van der Waals surface area contributed by atoms with Crippen LogP contribution in [0.2, 0.25) is 0 Å². The smallest absolute Gasteiger partial charge is 0.242 e. The molecule has 1 N–H and O–H groups in total. The number of carbonyl (C=O) groups excluding carboxylic acids is 1. The molecule has 2 aromatic carbocycles. The summed E-state index contributed by atoms with van der Waals surface area (Å²) in [6, 6.07) is 12.7. The summed E-state index contributed by atoms with van der Waals surface area (Å²) in [4.78, 5) is 12.3. The van der Waals surface area contributed by atoms with Gasteiger partial charge in [-0.15, -0.1) is 0 Å². The van der Waals surface area contributed by atoms with Gasteiger partial charge in [-0.1, -0.05) is 0 Å². The summed E-state index contributed by atoms with van der Waals surface area (Å²) in [7, 11) is -2.56. The van der Waals surface area contributed by atoms with Gasteiger partial charge < -0.3 is 14.8 Å². The maximum atomic E-state index is 12.2. The Labute approximate surface area is 201 Å². The summed E-state index contributed by atoms with van der Waals surface area (Å²) in [6.07, 6.45) is 1.62. The Morgan fingerprint density at radius 2 is 1.53 bits per heavy atom. The normalized spacial score (nSPS) is 11.8. The van der Waals surface area contributed by atoms with Crippen LogP contribution in [0.3, 0.4) is 0 Å². The van der Waals surface area contributed by atoms with Crippen LogP contribution < -0.4 is 19.1 Å². The maximum Gasteiger partial charge on any atom is 0.242 e. The van der Waals surface area contributed by atoms with Crippen molar-refractivity contribution in [3.63, 3.8) is 0 Å². The van der Waals surface area contributed by atoms with Gasteiger partial charge in [0.2, 0.25) is 26.0 Å². The number of hydrogen-bond donors (Lipinski definition) is 1. The second-order valence-corrected chi connectivity index (χ2v) is 11.7. The van der Waals surface area contributed by atoms with E-state index in [9.17, 15) is 21.6 Å². The predicted molar refractivity (Wildman–Crippen MR) is 130 cm³/mol. The lowest BCUT2D eigenvalue weighted by Crippen LogP contribution is -2.32. The molecule has 0 aliphatic heterocycles. The Morgan fingerprint density at radius 1 is 0.941 bits per heavy atom. The van der Waals surface area contributed by atoms with Gasteiger partial charge in [-0.05, 0) is 55.0 Å². The molecule has 0 aliphatic rings. The van der Waals surface area contributed by atoms with Crippen molar-refractivity contribution in [2.24, 2.45) is 0 Å². The predicted octanol–water partition coefficient (Wildman–Crippen LogP) is 1.69. The first-order valence-corrected chi connectivity index (χ1v) is 13.8. The molecule has 34 heavy (non-hydrogen) atoms. The first-order chi connectivity index (χ1) is 15.9. The largest absolute Gasteiger partial charge is 0.497 e. The Morgan fingerprint density at radius 3 is 2.06 bits per heavy atom. The Balaban J connectivity index is 1.76. The van der Waals surface area contributed by atoms with Crippen LogP contribution >= 0.6 is 0 Å². The van der Waals surface area contributed by atoms with E-state index in [2.05, 4.69) is 5.32 Å². The second kappa shape index (κ2) is 12.0. The molecule has 0 unspecified atom stereocenters. The number of nitrogens with one attached hydrogen (secondary N) is 1. The summed E-state index contributed by atoms with van der Waals surface area (Å²) in [5.74, 6) is 0.878. The van der Waals surface area contributed by atoms with E-state index < -0.39 is 20.0 Å². The number of sulfonamides is 2. The minimum absolute atomic E-state index is 0.152. The van der Waals surface area contributed by atoms with Crippen molar-refractivity contribution in [2.75, 3.05) is 51.5 Å². The average Bonchev–Trinajstić information content (AvgIpc) is 2.79. The average molecular weight is 514 g/mol. The van der Waals surface area contributed by atoms with Gasteiger partial charge in [0.15, 0.2) is 0 Å². The molecular formula is C22H31N3O7S2. The highest BCUT2D eigenvalue weighted by Gasteiger charge is 2.18. The number of amides is 1. The van der Waals surface area contributed by atoms with E-state index in [4.69, 9.17) is 9.47 Å². The summed E-state index contributed by atoms with van der Waals surface area (Å²) in [5.41, 5.74) is 0.501. The van der Waals surface area contributed by atoms with Crippen LogP contribution in [0, 0.1) is 0 Å². The van der Waals surface area contributed by atoms with E-state index in [1.165, 1.54) is 37.6 Å². The molecule has 12 heteroatoms. The van der Waals surface area contributed by atoms with E-state index in [1.807, 2.05) is 0 Å². The molecule has 0 aromatic heterocycles. The van der Waals surface area contributed by atoms with E-state index in [1.54, 1.807) is 36.4 Å². The third-order valence-corrected chi connectivity index (χ3v) is 7.84. The van der Waals surface area contributed by atoms with Crippen LogP contribution in [0.1, 0.15) is 12.8 Å².